The van der Waals surface area contributed by atoms with E-state index in [1.165, 1.54) is 46.4 Å². The van der Waals surface area contributed by atoms with E-state index >= 15 is 0 Å². The number of H-pyrrole nitrogens is 3. The molecule has 1 saturated carbocycles. The smallest absolute Gasteiger partial charge is 0.277 e. The molecule has 34 heteroatoms. The van der Waals surface area contributed by atoms with Crippen LogP contribution in [0, 0.1) is 20.8 Å². The van der Waals surface area contributed by atoms with Crippen LogP contribution in [0.25, 0.3) is 50.7 Å². The number of imidazole rings is 3. The van der Waals surface area contributed by atoms with Gasteiger partial charge in [0.05, 0.1) is 74.9 Å². The maximum atomic E-state index is 13.6. The quantitative estimate of drug-likeness (QED) is 0.0501. The highest BCUT2D eigenvalue weighted by Crippen LogP contribution is 2.36. The van der Waals surface area contributed by atoms with Gasteiger partial charge in [-0.2, -0.15) is 12.9 Å². The van der Waals surface area contributed by atoms with Crippen molar-refractivity contribution in [2.45, 2.75) is 154 Å². The van der Waals surface area contributed by atoms with Crippen molar-refractivity contribution < 1.29 is 44.6 Å². The number of benzene rings is 3. The highest BCUT2D eigenvalue weighted by molar-refractivity contribution is 7.89. The molecule has 0 amide bonds. The molecule has 0 unspecified atom stereocenters. The molecule has 9 aromatic rings. The van der Waals surface area contributed by atoms with Gasteiger partial charge in [0, 0.05) is 110 Å². The van der Waals surface area contributed by atoms with Gasteiger partial charge in [0.15, 0.2) is 34.0 Å². The number of aliphatic hydroxyl groups is 1. The Balaban J connectivity index is 0.000000159. The lowest BCUT2D eigenvalue weighted by atomic mass is 10.2. The number of β-amino-alcohol motifs (C(OH)–C–C–N with tert-alkyl or cyclic N) is 1. The number of fused-ring (bicyclic) bond motifs is 3. The summed E-state index contributed by atoms with van der Waals surface area (Å²) >= 11 is 0. The maximum absolute atomic E-state index is 13.6. The molecule has 106 heavy (non-hydrogen) atoms. The fraction of sp³-hybridized carbons (Fsp3) is 0.542. The van der Waals surface area contributed by atoms with Crippen LogP contribution in [0.3, 0.4) is 0 Å². The number of piperazine rings is 3. The summed E-state index contributed by atoms with van der Waals surface area (Å²) in [5, 5.41) is 23.1. The van der Waals surface area contributed by atoms with E-state index < -0.39 is 30.1 Å². The monoisotopic (exact) mass is 1520 g/mol. The normalized spacial score (nSPS) is 16.6. The third-order valence-electron chi connectivity index (χ3n) is 19.7. The predicted octanol–water partition coefficient (Wildman–Crippen LogP) is 6.11. The Bertz CT molecular complexity index is 5140. The molecule has 1 aliphatic carbocycles. The van der Waals surface area contributed by atoms with Crippen LogP contribution in [0.2, 0.25) is 0 Å². The second-order valence-electron chi connectivity index (χ2n) is 26.7. The van der Waals surface area contributed by atoms with Crippen molar-refractivity contribution in [3.8, 4) is 51.4 Å². The summed E-state index contributed by atoms with van der Waals surface area (Å²) < 4.78 is 108. The largest absolute Gasteiger partial charge is 0.493 e. The molecular formula is C72H100N18O13S3. The minimum Gasteiger partial charge on any atom is -0.493 e. The van der Waals surface area contributed by atoms with E-state index in [-0.39, 0.29) is 55.4 Å². The van der Waals surface area contributed by atoms with Gasteiger partial charge in [-0.3, -0.25) is 24.2 Å². The highest BCUT2D eigenvalue weighted by atomic mass is 32.2. The summed E-state index contributed by atoms with van der Waals surface area (Å²) in [5.41, 5.74) is 3.21. The van der Waals surface area contributed by atoms with Crippen LogP contribution in [0.15, 0.2) is 83.7 Å². The third kappa shape index (κ3) is 16.7. The highest BCUT2D eigenvalue weighted by Gasteiger charge is 2.35. The van der Waals surface area contributed by atoms with E-state index in [1.807, 2.05) is 46.4 Å². The van der Waals surface area contributed by atoms with Gasteiger partial charge in [0.2, 0.25) is 30.1 Å². The first kappa shape index (κ1) is 78.7. The topological polar surface area (TPSA) is 359 Å². The number of hydrogen-bond donors (Lipinski definition) is 4. The van der Waals surface area contributed by atoms with E-state index in [2.05, 4.69) is 61.9 Å². The zero-order valence-corrected chi connectivity index (χ0v) is 64.8. The van der Waals surface area contributed by atoms with Gasteiger partial charge in [-0.15, -0.1) is 15.3 Å². The molecule has 4 N–H and O–H groups in total. The van der Waals surface area contributed by atoms with E-state index in [1.54, 1.807) is 81.1 Å². The molecule has 13 rings (SSSR count). The molecule has 3 saturated heterocycles. The van der Waals surface area contributed by atoms with Gasteiger partial charge in [-0.05, 0) is 135 Å². The summed E-state index contributed by atoms with van der Waals surface area (Å²) in [6.45, 7) is 28.1. The van der Waals surface area contributed by atoms with Crippen molar-refractivity contribution in [1.29, 1.82) is 0 Å². The Morgan fingerprint density at radius 3 is 1.05 bits per heavy atom. The molecule has 0 radical (unpaired) electrons. The molecule has 574 valence electrons. The maximum Gasteiger partial charge on any atom is 0.277 e. The fourth-order valence-corrected chi connectivity index (χ4v) is 18.6. The number of aliphatic hydroxyl groups excluding tert-OH is 1. The van der Waals surface area contributed by atoms with Crippen molar-refractivity contribution in [2.75, 3.05) is 118 Å². The Kier molecular flexibility index (Phi) is 25.5. The summed E-state index contributed by atoms with van der Waals surface area (Å²) in [6.07, 6.45) is 9.48. The molecular weight excluding hydrogens is 1420 g/mol. The molecule has 0 bridgehead atoms. The van der Waals surface area contributed by atoms with Crippen molar-refractivity contribution in [2.24, 2.45) is 0 Å². The summed E-state index contributed by atoms with van der Waals surface area (Å²) in [7, 11) is -11.2. The number of sulfonamides is 3. The van der Waals surface area contributed by atoms with Gasteiger partial charge < -0.3 is 39.2 Å². The zero-order valence-electron chi connectivity index (χ0n) is 62.4. The number of aromatic amines is 3. The lowest BCUT2D eigenvalue weighted by molar-refractivity contribution is 0.139. The number of aryl methyl sites for hydroxylation is 6. The van der Waals surface area contributed by atoms with Gasteiger partial charge >= 0.3 is 0 Å². The fourth-order valence-electron chi connectivity index (χ4n) is 14.3. The molecule has 0 atom stereocenters. The standard InChI is InChI=1S/C26H36N6O4S.C23H32N6O5S.C23H32N6O4S/c1-4-8-23-27-18(3)24-26(33)28-25(29-32(23)24)21-17-20(11-12-22(21)36-5-2)37(34,35)31-15-13-30(14-16-31)19-9-6-7-10-19;1-4-6-20-24-16(3)21-23(31)25-22(26-29(20)21)18-15-17(7-8-19(18)34-5-2)35(32,33)28-11-9-27(10-12-28)13-14-30;1-5-8-20-24-16(4)21-23(30)25-22(26-29(20)21)18-15-17(9-10-19(18)33-7-3)34(31,32)28-13-11-27(6-2)12-14-28/h11-12,17,19H,4-10,13-16H2,1-3H3,(H,28,29,33);7-8,15,30H,4-6,9-14H2,1-3H3,(H,25,26,31);9-10,15H,5-8,11-14H2,1-4H3,(H,25,26,30). The minimum absolute atomic E-state index is 0.0426. The van der Waals surface area contributed by atoms with E-state index in [9.17, 15) is 39.6 Å². The molecule has 9 heterocycles. The Morgan fingerprint density at radius 1 is 0.443 bits per heavy atom. The third-order valence-corrected chi connectivity index (χ3v) is 25.4. The minimum atomic E-state index is -3.78. The first-order chi connectivity index (χ1) is 50.9. The summed E-state index contributed by atoms with van der Waals surface area (Å²) in [5.74, 6) is 4.11. The van der Waals surface area contributed by atoms with Gasteiger partial charge in [0.25, 0.3) is 16.7 Å². The van der Waals surface area contributed by atoms with Crippen LogP contribution < -0.4 is 30.9 Å². The summed E-state index contributed by atoms with van der Waals surface area (Å²) in [4.78, 5) is 68.0. The van der Waals surface area contributed by atoms with Crippen LogP contribution in [-0.2, 0) is 49.3 Å². The molecule has 0 spiro atoms. The van der Waals surface area contributed by atoms with Crippen molar-refractivity contribution in [1.82, 2.24) is 86.4 Å². The number of rotatable bonds is 25. The van der Waals surface area contributed by atoms with Gasteiger partial charge in [0.1, 0.15) is 34.7 Å². The van der Waals surface area contributed by atoms with Crippen molar-refractivity contribution in [3.63, 3.8) is 0 Å². The molecule has 31 nitrogen and oxygen atoms in total. The van der Waals surface area contributed by atoms with Crippen LogP contribution in [0.1, 0.15) is 128 Å². The van der Waals surface area contributed by atoms with E-state index in [0.717, 1.165) is 38.9 Å². The lowest BCUT2D eigenvalue weighted by Crippen LogP contribution is -2.51. The van der Waals surface area contributed by atoms with Gasteiger partial charge in [-0.1, -0.05) is 40.5 Å². The first-order valence-corrected chi connectivity index (χ1v) is 41.3. The van der Waals surface area contributed by atoms with E-state index in [0.29, 0.717) is 202 Å². The van der Waals surface area contributed by atoms with Crippen LogP contribution in [0.4, 0.5) is 0 Å². The van der Waals surface area contributed by atoms with Crippen LogP contribution in [-0.4, -0.2) is 241 Å². The predicted molar refractivity (Wildman–Crippen MR) is 403 cm³/mol. The van der Waals surface area contributed by atoms with Gasteiger partial charge in [-0.25, -0.2) is 53.8 Å². The lowest BCUT2D eigenvalue weighted by Gasteiger charge is -2.37. The number of hydrogen-bond acceptors (Lipinski definition) is 22. The summed E-state index contributed by atoms with van der Waals surface area (Å²) in [6, 6.07) is 14.7. The molecule has 3 aromatic carbocycles. The van der Waals surface area contributed by atoms with Crippen molar-refractivity contribution in [3.05, 3.63) is 120 Å². The number of aromatic nitrogens is 12. The molecule has 6 aromatic heterocycles. The Hall–Kier alpha value is -8.32. The number of ether oxygens (including phenoxy) is 3. The second kappa shape index (κ2) is 34.3. The average molecular weight is 1520 g/mol. The molecule has 3 aliphatic heterocycles. The Labute approximate surface area is 618 Å². The Morgan fingerprint density at radius 2 is 0.755 bits per heavy atom. The SMILES string of the molecule is CCCc1nc(C)c2c(=O)[nH]c(-c3cc(S(=O)(=O)N4CCN(C5CCCC5)CC4)ccc3OCC)nn12.CCCc1nc(C)c2c(=O)[nH]c(-c3cc(S(=O)(=O)N4CCN(CC)CC4)ccc3OCC)nn12.CCCc1nc(C)c2c(=O)[nH]c(-c3cc(S(=O)(=O)N4CCN(CCO)CC4)ccc3OCC)nn12. The molecule has 4 aliphatic rings. The second-order valence-corrected chi connectivity index (χ2v) is 32.6. The van der Waals surface area contributed by atoms with Crippen molar-refractivity contribution >= 4 is 46.6 Å². The average Bonchev–Trinajstić information content (AvgIpc) is 1.54. The number of likely N-dealkylation sites (N-methyl/N-ethyl adjacent to an activating group) is 1. The van der Waals surface area contributed by atoms with Crippen LogP contribution in [0.5, 0.6) is 17.2 Å². The first-order valence-electron chi connectivity index (χ1n) is 37.0. The number of nitrogens with zero attached hydrogens (tertiary/aromatic N) is 15. The number of nitrogens with one attached hydrogen (secondary N) is 3. The molecule has 4 fully saturated rings. The van der Waals surface area contributed by atoms with Crippen LogP contribution >= 0.6 is 0 Å². The zero-order chi connectivity index (χ0) is 75.8. The van der Waals surface area contributed by atoms with E-state index in [4.69, 9.17) is 19.3 Å².